The number of likely N-dealkylation sites (N-methyl/N-ethyl adjacent to an activating group) is 1. The summed E-state index contributed by atoms with van der Waals surface area (Å²) in [5.41, 5.74) is 1.05. The van der Waals surface area contributed by atoms with Gasteiger partial charge < -0.3 is 5.32 Å². The third-order valence-electron chi connectivity index (χ3n) is 3.08. The van der Waals surface area contributed by atoms with Gasteiger partial charge in [-0.25, -0.2) is 8.42 Å². The van der Waals surface area contributed by atoms with Gasteiger partial charge in [0.1, 0.15) is 4.21 Å². The van der Waals surface area contributed by atoms with E-state index in [1.54, 1.807) is 12.1 Å². The van der Waals surface area contributed by atoms with Crippen molar-refractivity contribution in [2.75, 3.05) is 13.1 Å². The Morgan fingerprint density at radius 1 is 1.58 bits per heavy atom. The van der Waals surface area contributed by atoms with E-state index in [4.69, 9.17) is 0 Å². The molecule has 0 atom stereocenters. The van der Waals surface area contributed by atoms with Gasteiger partial charge in [-0.05, 0) is 29.9 Å². The highest BCUT2D eigenvalue weighted by atomic mass is 32.2. The molecule has 0 aromatic carbocycles. The van der Waals surface area contributed by atoms with Crippen molar-refractivity contribution in [1.82, 2.24) is 9.62 Å². The molecule has 0 bridgehead atoms. The first-order valence-corrected chi connectivity index (χ1v) is 8.81. The van der Waals surface area contributed by atoms with E-state index in [0.717, 1.165) is 12.1 Å². The highest BCUT2D eigenvalue weighted by Crippen LogP contribution is 2.25. The molecule has 0 radical (unpaired) electrons. The molecule has 0 unspecified atom stereocenters. The van der Waals surface area contributed by atoms with Crippen molar-refractivity contribution in [2.24, 2.45) is 0 Å². The Kier molecular flexibility index (Phi) is 4.78. The third kappa shape index (κ3) is 3.66. The maximum atomic E-state index is 12.4. The first-order chi connectivity index (χ1) is 9.07. The van der Waals surface area contributed by atoms with Gasteiger partial charge in [-0.3, -0.25) is 0 Å². The van der Waals surface area contributed by atoms with Crippen molar-refractivity contribution in [2.45, 2.75) is 36.6 Å². The molecular formula is C13H20N2O2S2. The molecule has 0 amide bonds. The minimum absolute atomic E-state index is 0.354. The fraction of sp³-hybridized carbons (Fsp3) is 0.538. The normalized spacial score (nSPS) is 15.9. The van der Waals surface area contributed by atoms with Gasteiger partial charge in [-0.15, -0.1) is 17.9 Å². The summed E-state index contributed by atoms with van der Waals surface area (Å²) in [6.45, 7) is 7.01. The van der Waals surface area contributed by atoms with Gasteiger partial charge in [-0.1, -0.05) is 13.0 Å². The van der Waals surface area contributed by atoms with Crippen LogP contribution < -0.4 is 5.32 Å². The van der Waals surface area contributed by atoms with Crippen LogP contribution in [0.2, 0.25) is 0 Å². The molecule has 106 valence electrons. The minimum atomic E-state index is -3.36. The lowest BCUT2D eigenvalue weighted by atomic mass is 10.3. The van der Waals surface area contributed by atoms with Crippen LogP contribution in [0.15, 0.2) is 28.3 Å². The number of thiophene rings is 1. The first-order valence-electron chi connectivity index (χ1n) is 6.49. The topological polar surface area (TPSA) is 49.4 Å². The number of hydrogen-bond acceptors (Lipinski definition) is 4. The quantitative estimate of drug-likeness (QED) is 0.749. The van der Waals surface area contributed by atoms with Crippen LogP contribution in [0.3, 0.4) is 0 Å². The Balaban J connectivity index is 2.08. The monoisotopic (exact) mass is 300 g/mol. The van der Waals surface area contributed by atoms with Crippen LogP contribution in [0.1, 0.15) is 25.3 Å². The second-order valence-corrected chi connectivity index (χ2v) is 7.75. The van der Waals surface area contributed by atoms with E-state index < -0.39 is 10.0 Å². The lowest BCUT2D eigenvalue weighted by molar-refractivity contribution is 0.461. The molecular weight excluding hydrogens is 280 g/mol. The van der Waals surface area contributed by atoms with Crippen LogP contribution >= 0.6 is 11.3 Å². The summed E-state index contributed by atoms with van der Waals surface area (Å²) in [7, 11) is -3.36. The molecule has 1 saturated carbocycles. The summed E-state index contributed by atoms with van der Waals surface area (Å²) in [5, 5.41) is 5.31. The maximum Gasteiger partial charge on any atom is 0.252 e. The van der Waals surface area contributed by atoms with E-state index in [-0.39, 0.29) is 0 Å². The molecule has 2 rings (SSSR count). The molecule has 1 N–H and O–H groups in total. The zero-order valence-corrected chi connectivity index (χ0v) is 12.8. The van der Waals surface area contributed by atoms with E-state index in [1.807, 2.05) is 12.3 Å². The highest BCUT2D eigenvalue weighted by molar-refractivity contribution is 7.91. The zero-order chi connectivity index (χ0) is 13.9. The van der Waals surface area contributed by atoms with Crippen molar-refractivity contribution in [3.8, 4) is 0 Å². The van der Waals surface area contributed by atoms with Crippen LogP contribution in [-0.2, 0) is 16.6 Å². The molecule has 1 fully saturated rings. The second kappa shape index (κ2) is 6.17. The fourth-order valence-corrected chi connectivity index (χ4v) is 4.58. The van der Waals surface area contributed by atoms with E-state index in [2.05, 4.69) is 11.9 Å². The molecule has 0 spiro atoms. The molecule has 1 aromatic heterocycles. The smallest absolute Gasteiger partial charge is 0.252 e. The first kappa shape index (κ1) is 14.7. The molecule has 0 aliphatic heterocycles. The number of hydrogen-bond donors (Lipinski definition) is 1. The minimum Gasteiger partial charge on any atom is -0.310 e. The van der Waals surface area contributed by atoms with Gasteiger partial charge in [-0.2, -0.15) is 4.31 Å². The van der Waals surface area contributed by atoms with Crippen LogP contribution in [0.5, 0.6) is 0 Å². The summed E-state index contributed by atoms with van der Waals surface area (Å²) >= 11 is 1.29. The Morgan fingerprint density at radius 2 is 2.32 bits per heavy atom. The van der Waals surface area contributed by atoms with Crippen LogP contribution in [0, 0.1) is 0 Å². The lowest BCUT2D eigenvalue weighted by Crippen LogP contribution is -2.30. The van der Waals surface area contributed by atoms with Gasteiger partial charge in [0.25, 0.3) is 10.0 Å². The summed E-state index contributed by atoms with van der Waals surface area (Å²) < 4.78 is 26.6. The van der Waals surface area contributed by atoms with Crippen LogP contribution in [0.25, 0.3) is 0 Å². The molecule has 6 heteroatoms. The predicted molar refractivity (Wildman–Crippen MR) is 78.8 cm³/mol. The van der Waals surface area contributed by atoms with Gasteiger partial charge in [0.15, 0.2) is 0 Å². The molecule has 19 heavy (non-hydrogen) atoms. The van der Waals surface area contributed by atoms with E-state index in [1.165, 1.54) is 28.5 Å². The molecule has 1 aliphatic rings. The number of nitrogens with zero attached hydrogens (tertiary/aromatic N) is 1. The van der Waals surface area contributed by atoms with Crippen LogP contribution in [-0.4, -0.2) is 31.9 Å². The summed E-state index contributed by atoms with van der Waals surface area (Å²) in [4.78, 5) is 0. The Morgan fingerprint density at radius 3 is 2.89 bits per heavy atom. The average Bonchev–Trinajstić information content (AvgIpc) is 3.09. The SMILES string of the molecule is C=CCN(CC)S(=O)(=O)c1cc(CNC2CC2)cs1. The van der Waals surface area contributed by atoms with Crippen molar-refractivity contribution in [1.29, 1.82) is 0 Å². The van der Waals surface area contributed by atoms with E-state index >= 15 is 0 Å². The van der Waals surface area contributed by atoms with Gasteiger partial charge in [0, 0.05) is 25.7 Å². The number of nitrogens with one attached hydrogen (secondary N) is 1. The molecule has 0 saturated heterocycles. The molecule has 4 nitrogen and oxygen atoms in total. The number of sulfonamides is 1. The standard InChI is InChI=1S/C13H20N2O2S2/c1-3-7-15(4-2)19(16,17)13-8-11(10-18-13)9-14-12-5-6-12/h3,8,10,12,14H,1,4-7,9H2,2H3. The van der Waals surface area contributed by atoms with Gasteiger partial charge in [0.2, 0.25) is 0 Å². The van der Waals surface area contributed by atoms with E-state index in [0.29, 0.717) is 23.3 Å². The van der Waals surface area contributed by atoms with Crippen molar-refractivity contribution < 1.29 is 8.42 Å². The number of rotatable bonds is 8. The van der Waals surface area contributed by atoms with E-state index in [9.17, 15) is 8.42 Å². The van der Waals surface area contributed by atoms with Gasteiger partial charge >= 0.3 is 0 Å². The maximum absolute atomic E-state index is 12.4. The average molecular weight is 300 g/mol. The molecule has 1 aliphatic carbocycles. The lowest BCUT2D eigenvalue weighted by Gasteiger charge is -2.17. The fourth-order valence-electron chi connectivity index (χ4n) is 1.80. The third-order valence-corrected chi connectivity index (χ3v) is 6.49. The summed E-state index contributed by atoms with van der Waals surface area (Å²) in [6, 6.07) is 2.41. The Labute approximate surface area is 119 Å². The molecule has 1 aromatic rings. The largest absolute Gasteiger partial charge is 0.310 e. The highest BCUT2D eigenvalue weighted by Gasteiger charge is 2.24. The van der Waals surface area contributed by atoms with Crippen molar-refractivity contribution >= 4 is 21.4 Å². The summed E-state index contributed by atoms with van der Waals surface area (Å²) in [5.74, 6) is 0. The predicted octanol–water partition coefficient (Wildman–Crippen LogP) is 2.20. The zero-order valence-electron chi connectivity index (χ0n) is 11.1. The summed E-state index contributed by atoms with van der Waals surface area (Å²) in [6.07, 6.45) is 4.08. The van der Waals surface area contributed by atoms with Crippen LogP contribution in [0.4, 0.5) is 0 Å². The second-order valence-electron chi connectivity index (χ2n) is 4.67. The van der Waals surface area contributed by atoms with Gasteiger partial charge in [0.05, 0.1) is 0 Å². The molecule has 1 heterocycles. The van der Waals surface area contributed by atoms with Crippen molar-refractivity contribution in [3.05, 3.63) is 29.7 Å². The Hall–Kier alpha value is -0.690. The Bertz CT molecular complexity index is 533. The van der Waals surface area contributed by atoms with Crippen molar-refractivity contribution in [3.63, 3.8) is 0 Å².